The minimum absolute atomic E-state index is 0.0623. The minimum atomic E-state index is 0.0623. The number of amidine groups is 1. The zero-order valence-corrected chi connectivity index (χ0v) is 21.3. The van der Waals surface area contributed by atoms with Crippen LogP contribution in [0.5, 0.6) is 0 Å². The van der Waals surface area contributed by atoms with Crippen molar-refractivity contribution < 1.29 is 4.79 Å². The van der Waals surface area contributed by atoms with Crippen LogP contribution in [0, 0.1) is 0 Å². The van der Waals surface area contributed by atoms with Crippen molar-refractivity contribution in [2.45, 2.75) is 20.4 Å². The molecule has 35 heavy (non-hydrogen) atoms. The number of carbonyl (C=O) groups excluding carboxylic acids is 1. The van der Waals surface area contributed by atoms with Crippen molar-refractivity contribution in [3.8, 4) is 0 Å². The van der Waals surface area contributed by atoms with E-state index in [2.05, 4.69) is 40.1 Å². The fourth-order valence-corrected chi connectivity index (χ4v) is 4.50. The van der Waals surface area contributed by atoms with Gasteiger partial charge in [-0.25, -0.2) is 4.99 Å². The molecule has 0 unspecified atom stereocenters. The fraction of sp³-hybridized carbons (Fsp3) is 0.310. The Bertz CT molecular complexity index is 1120. The quantitative estimate of drug-likeness (QED) is 0.315. The smallest absolute Gasteiger partial charge is 0.253 e. The van der Waals surface area contributed by atoms with E-state index in [4.69, 9.17) is 16.6 Å². The highest BCUT2D eigenvalue weighted by molar-refractivity contribution is 6.30. The van der Waals surface area contributed by atoms with Gasteiger partial charge >= 0.3 is 0 Å². The molecule has 0 saturated carbocycles. The first kappa shape index (κ1) is 25.0. The van der Waals surface area contributed by atoms with Crippen molar-refractivity contribution in [2.24, 2.45) is 4.99 Å². The van der Waals surface area contributed by atoms with Crippen molar-refractivity contribution in [2.75, 3.05) is 39.3 Å². The first-order valence-corrected chi connectivity index (χ1v) is 12.7. The monoisotopic (exact) mass is 488 g/mol. The predicted octanol–water partition coefficient (Wildman–Crippen LogP) is 5.72. The molecule has 1 amide bonds. The van der Waals surface area contributed by atoms with Crippen LogP contribution < -0.4 is 0 Å². The van der Waals surface area contributed by atoms with E-state index >= 15 is 0 Å². The van der Waals surface area contributed by atoms with Gasteiger partial charge < -0.3 is 9.80 Å². The van der Waals surface area contributed by atoms with Gasteiger partial charge in [0.25, 0.3) is 5.91 Å². The maximum Gasteiger partial charge on any atom is 0.253 e. The lowest BCUT2D eigenvalue weighted by Gasteiger charge is -2.36. The van der Waals surface area contributed by atoms with E-state index in [0.29, 0.717) is 23.7 Å². The molecule has 1 saturated heterocycles. The van der Waals surface area contributed by atoms with Gasteiger partial charge in [0.2, 0.25) is 0 Å². The maximum atomic E-state index is 12.8. The van der Waals surface area contributed by atoms with Crippen LogP contribution in [0.4, 0.5) is 5.69 Å². The third kappa shape index (κ3) is 6.50. The Hall–Kier alpha value is -3.15. The topological polar surface area (TPSA) is 39.2 Å². The summed E-state index contributed by atoms with van der Waals surface area (Å²) < 4.78 is 0. The number of rotatable bonds is 7. The number of nitrogens with zero attached hydrogens (tertiary/aromatic N) is 4. The molecule has 0 aromatic heterocycles. The number of aliphatic imine (C=N–C) groups is 1. The molecule has 0 N–H and O–H groups in total. The first-order valence-electron chi connectivity index (χ1n) is 12.3. The van der Waals surface area contributed by atoms with E-state index in [-0.39, 0.29) is 5.91 Å². The number of piperazine rings is 1. The van der Waals surface area contributed by atoms with Crippen LogP contribution in [0.1, 0.15) is 35.3 Å². The third-order valence-electron chi connectivity index (χ3n) is 6.42. The summed E-state index contributed by atoms with van der Waals surface area (Å²) in [6, 6.07) is 26.1. The van der Waals surface area contributed by atoms with Crippen molar-refractivity contribution in [3.05, 3.63) is 101 Å². The van der Waals surface area contributed by atoms with Crippen molar-refractivity contribution in [1.82, 2.24) is 14.7 Å². The fourth-order valence-electron chi connectivity index (χ4n) is 4.37. The molecule has 182 valence electrons. The maximum absolute atomic E-state index is 12.8. The normalized spacial score (nSPS) is 14.7. The summed E-state index contributed by atoms with van der Waals surface area (Å²) in [5.41, 5.74) is 3.91. The Balaban J connectivity index is 1.54. The molecule has 0 spiro atoms. The summed E-state index contributed by atoms with van der Waals surface area (Å²) >= 11 is 6.09. The van der Waals surface area contributed by atoms with Crippen LogP contribution in [-0.4, -0.2) is 65.7 Å². The SMILES string of the molecule is CCN(CC)C(=O)c1ccc(C(=Nc2ccc(Cl)cc2)N2CCN(Cc3ccccc3)CC2)cc1. The van der Waals surface area contributed by atoms with Crippen LogP contribution >= 0.6 is 11.6 Å². The lowest BCUT2D eigenvalue weighted by molar-refractivity contribution is 0.0773. The highest BCUT2D eigenvalue weighted by Gasteiger charge is 2.22. The van der Waals surface area contributed by atoms with Gasteiger partial charge in [-0.05, 0) is 55.8 Å². The van der Waals surface area contributed by atoms with E-state index in [0.717, 1.165) is 49.8 Å². The number of halogens is 1. The Labute approximate surface area is 213 Å². The largest absolute Gasteiger partial charge is 0.354 e. The van der Waals surface area contributed by atoms with Crippen LogP contribution in [-0.2, 0) is 6.54 Å². The molecule has 1 fully saturated rings. The highest BCUT2D eigenvalue weighted by atomic mass is 35.5. The van der Waals surface area contributed by atoms with E-state index in [9.17, 15) is 4.79 Å². The highest BCUT2D eigenvalue weighted by Crippen LogP contribution is 2.21. The molecule has 6 heteroatoms. The second kappa shape index (κ2) is 12.0. The standard InChI is InChI=1S/C29H33ClN4O/c1-3-33(4-2)29(35)25-12-10-24(11-13-25)28(31-27-16-14-26(30)15-17-27)34-20-18-32(19-21-34)22-23-8-6-5-7-9-23/h5-17H,3-4,18-22H2,1-2H3. The van der Waals surface area contributed by atoms with Crippen LogP contribution in [0.15, 0.2) is 83.9 Å². The van der Waals surface area contributed by atoms with Gasteiger partial charge in [-0.1, -0.05) is 54.1 Å². The molecule has 0 radical (unpaired) electrons. The zero-order valence-electron chi connectivity index (χ0n) is 20.5. The summed E-state index contributed by atoms with van der Waals surface area (Å²) in [5.74, 6) is 0.987. The molecule has 1 aliphatic heterocycles. The average molecular weight is 489 g/mol. The molecule has 3 aromatic carbocycles. The van der Waals surface area contributed by atoms with Crippen LogP contribution in [0.3, 0.4) is 0 Å². The number of hydrogen-bond donors (Lipinski definition) is 0. The second-order valence-corrected chi connectivity index (χ2v) is 9.15. The molecule has 0 atom stereocenters. The Morgan fingerprint density at radius 3 is 2.03 bits per heavy atom. The minimum Gasteiger partial charge on any atom is -0.354 e. The summed E-state index contributed by atoms with van der Waals surface area (Å²) in [7, 11) is 0. The lowest BCUT2D eigenvalue weighted by Crippen LogP contribution is -2.48. The van der Waals surface area contributed by atoms with Gasteiger partial charge in [0.05, 0.1) is 5.69 Å². The molecular weight excluding hydrogens is 456 g/mol. The van der Waals surface area contributed by atoms with E-state index in [1.165, 1.54) is 5.56 Å². The van der Waals surface area contributed by atoms with Crippen molar-refractivity contribution in [1.29, 1.82) is 0 Å². The van der Waals surface area contributed by atoms with Gasteiger partial charge in [-0.3, -0.25) is 9.69 Å². The summed E-state index contributed by atoms with van der Waals surface area (Å²) in [6.45, 7) is 10.1. The van der Waals surface area contributed by atoms with Crippen molar-refractivity contribution >= 4 is 29.0 Å². The number of benzene rings is 3. The molecule has 1 aliphatic rings. The van der Waals surface area contributed by atoms with Crippen molar-refractivity contribution in [3.63, 3.8) is 0 Å². The van der Waals surface area contributed by atoms with Gasteiger partial charge in [-0.2, -0.15) is 0 Å². The van der Waals surface area contributed by atoms with Gasteiger partial charge in [0, 0.05) is 62.0 Å². The Morgan fingerprint density at radius 1 is 0.829 bits per heavy atom. The number of carbonyl (C=O) groups is 1. The van der Waals surface area contributed by atoms with Crippen LogP contribution in [0.25, 0.3) is 0 Å². The second-order valence-electron chi connectivity index (χ2n) is 8.72. The predicted molar refractivity (Wildman–Crippen MR) is 145 cm³/mol. The Morgan fingerprint density at radius 2 is 1.43 bits per heavy atom. The number of hydrogen-bond acceptors (Lipinski definition) is 3. The summed E-state index contributed by atoms with van der Waals surface area (Å²) in [5, 5.41) is 0.694. The van der Waals surface area contributed by atoms with Crippen LogP contribution in [0.2, 0.25) is 5.02 Å². The van der Waals surface area contributed by atoms with Gasteiger partial charge in [-0.15, -0.1) is 0 Å². The first-order chi connectivity index (χ1) is 17.1. The summed E-state index contributed by atoms with van der Waals surface area (Å²) in [6.07, 6.45) is 0. The third-order valence-corrected chi connectivity index (χ3v) is 6.68. The zero-order chi connectivity index (χ0) is 24.6. The molecule has 0 bridgehead atoms. The van der Waals surface area contributed by atoms with Gasteiger partial charge in [0.1, 0.15) is 5.84 Å². The van der Waals surface area contributed by atoms with E-state index in [1.807, 2.05) is 67.3 Å². The lowest BCUT2D eigenvalue weighted by atomic mass is 10.1. The number of amides is 1. The van der Waals surface area contributed by atoms with E-state index < -0.39 is 0 Å². The molecule has 1 heterocycles. The molecule has 3 aromatic rings. The Kier molecular flexibility index (Phi) is 8.56. The van der Waals surface area contributed by atoms with Gasteiger partial charge in [0.15, 0.2) is 0 Å². The molecule has 0 aliphatic carbocycles. The molecule has 4 rings (SSSR count). The molecule has 5 nitrogen and oxygen atoms in total. The summed E-state index contributed by atoms with van der Waals surface area (Å²) in [4.78, 5) is 24.4. The van der Waals surface area contributed by atoms with E-state index in [1.54, 1.807) is 0 Å². The molecular formula is C29H33ClN4O. The average Bonchev–Trinajstić information content (AvgIpc) is 2.90.